The lowest BCUT2D eigenvalue weighted by Crippen LogP contribution is -2.07. The predicted octanol–water partition coefficient (Wildman–Crippen LogP) is 2.24. The summed E-state index contributed by atoms with van der Waals surface area (Å²) < 4.78 is 4.91. The molecule has 0 bridgehead atoms. The number of aromatic nitrogens is 2. The average molecular weight is 320 g/mol. The van der Waals surface area contributed by atoms with Crippen molar-refractivity contribution in [2.45, 2.75) is 6.61 Å². The summed E-state index contributed by atoms with van der Waals surface area (Å²) in [5, 5.41) is 21.9. The number of hydrogen-bond donors (Lipinski definition) is 1. The highest BCUT2D eigenvalue weighted by molar-refractivity contribution is 7.15. The van der Waals surface area contributed by atoms with Crippen LogP contribution in [0.3, 0.4) is 0 Å². The van der Waals surface area contributed by atoms with Crippen molar-refractivity contribution in [3.05, 3.63) is 51.0 Å². The Bertz CT molecular complexity index is 714. The largest absolute Gasteiger partial charge is 0.377 e. The molecule has 0 aliphatic heterocycles. The number of hydrogen-bond acceptors (Lipinski definition) is 7. The molecule has 2 rings (SSSR count). The van der Waals surface area contributed by atoms with Crippen LogP contribution in [-0.4, -0.2) is 28.1 Å². The topological polar surface area (TPSA) is 107 Å². The number of carbonyl (C=O) groups is 1. The summed E-state index contributed by atoms with van der Waals surface area (Å²) in [7, 11) is 1.54. The molecule has 114 valence electrons. The van der Waals surface area contributed by atoms with E-state index in [1.165, 1.54) is 35.6 Å². The first kappa shape index (κ1) is 15.7. The number of nitro groups is 1. The molecule has 1 amide bonds. The van der Waals surface area contributed by atoms with E-state index < -0.39 is 10.8 Å². The third-order valence-corrected chi connectivity index (χ3v) is 3.29. The summed E-state index contributed by atoms with van der Waals surface area (Å²) in [5.74, 6) is -0.397. The average Bonchev–Trinajstić information content (AvgIpc) is 2.93. The van der Waals surface area contributed by atoms with E-state index in [0.29, 0.717) is 22.3 Å². The molecule has 1 aromatic heterocycles. The number of ether oxygens (including phenoxy) is 1. The number of amides is 1. The van der Waals surface area contributed by atoms with Crippen molar-refractivity contribution in [1.82, 2.24) is 10.2 Å². The van der Waals surface area contributed by atoms with Crippen molar-refractivity contribution >= 4 is 34.1 Å². The monoisotopic (exact) mass is 320 g/mol. The van der Waals surface area contributed by atoms with E-state index in [2.05, 4.69) is 15.5 Å². The Morgan fingerprint density at radius 2 is 2.32 bits per heavy atom. The molecule has 22 heavy (non-hydrogen) atoms. The first-order valence-corrected chi connectivity index (χ1v) is 6.95. The number of nitrogens with zero attached hydrogens (tertiary/aromatic N) is 3. The summed E-state index contributed by atoms with van der Waals surface area (Å²) in [6, 6.07) is 5.98. The van der Waals surface area contributed by atoms with Gasteiger partial charge in [0, 0.05) is 25.3 Å². The molecule has 1 N–H and O–H groups in total. The molecule has 0 unspecified atom stereocenters. The van der Waals surface area contributed by atoms with Gasteiger partial charge in [0.25, 0.3) is 5.69 Å². The Balaban J connectivity index is 1.98. The number of non-ortho nitro benzene ring substituents is 1. The van der Waals surface area contributed by atoms with E-state index in [1.807, 2.05) is 0 Å². The molecular weight excluding hydrogens is 308 g/mol. The van der Waals surface area contributed by atoms with E-state index in [-0.39, 0.29) is 5.69 Å². The molecule has 1 heterocycles. The fourth-order valence-corrected chi connectivity index (χ4v) is 2.26. The first-order valence-electron chi connectivity index (χ1n) is 6.13. The second-order valence-electron chi connectivity index (χ2n) is 4.11. The number of rotatable bonds is 6. The zero-order valence-electron chi connectivity index (χ0n) is 11.6. The Morgan fingerprint density at radius 1 is 1.50 bits per heavy atom. The molecule has 0 saturated carbocycles. The normalized spacial score (nSPS) is 10.8. The Morgan fingerprint density at radius 3 is 3.05 bits per heavy atom. The smallest absolute Gasteiger partial charge is 0.270 e. The molecule has 0 aliphatic rings. The number of benzene rings is 1. The van der Waals surface area contributed by atoms with Gasteiger partial charge >= 0.3 is 0 Å². The van der Waals surface area contributed by atoms with Crippen LogP contribution in [-0.2, 0) is 16.1 Å². The van der Waals surface area contributed by atoms with Crippen molar-refractivity contribution < 1.29 is 14.5 Å². The van der Waals surface area contributed by atoms with Crippen LogP contribution in [0.5, 0.6) is 0 Å². The minimum Gasteiger partial charge on any atom is -0.377 e. The van der Waals surface area contributed by atoms with Crippen molar-refractivity contribution in [3.8, 4) is 0 Å². The van der Waals surface area contributed by atoms with Gasteiger partial charge in [-0.05, 0) is 11.6 Å². The quantitative estimate of drug-likeness (QED) is 0.497. The second-order valence-corrected chi connectivity index (χ2v) is 5.17. The third-order valence-electron chi connectivity index (χ3n) is 2.47. The highest BCUT2D eigenvalue weighted by Crippen LogP contribution is 2.16. The maximum absolute atomic E-state index is 11.7. The molecule has 0 aliphatic carbocycles. The van der Waals surface area contributed by atoms with Gasteiger partial charge in [-0.15, -0.1) is 10.2 Å². The Hall–Kier alpha value is -2.65. The molecule has 0 spiro atoms. The molecule has 1 aromatic carbocycles. The van der Waals surface area contributed by atoms with Crippen LogP contribution in [0.15, 0.2) is 30.3 Å². The van der Waals surface area contributed by atoms with Crippen LogP contribution < -0.4 is 5.32 Å². The SMILES string of the molecule is COCc1nnc(NC(=O)/C=C/c2cccc([N+](=O)[O-])c2)s1. The summed E-state index contributed by atoms with van der Waals surface area (Å²) in [6.45, 7) is 0.330. The molecule has 0 atom stereocenters. The van der Waals surface area contributed by atoms with Crippen molar-refractivity contribution in [2.24, 2.45) is 0 Å². The van der Waals surface area contributed by atoms with Gasteiger partial charge in [0.1, 0.15) is 11.6 Å². The van der Waals surface area contributed by atoms with E-state index in [0.717, 1.165) is 0 Å². The molecule has 8 nitrogen and oxygen atoms in total. The van der Waals surface area contributed by atoms with E-state index >= 15 is 0 Å². The van der Waals surface area contributed by atoms with Gasteiger partial charge in [-0.2, -0.15) is 0 Å². The Kier molecular flexibility index (Phi) is 5.28. The highest BCUT2D eigenvalue weighted by atomic mass is 32.1. The number of anilines is 1. The third kappa shape index (κ3) is 4.43. The zero-order valence-corrected chi connectivity index (χ0v) is 12.4. The van der Waals surface area contributed by atoms with Gasteiger partial charge in [-0.1, -0.05) is 23.5 Å². The van der Waals surface area contributed by atoms with Crippen LogP contribution in [0, 0.1) is 10.1 Å². The fourth-order valence-electron chi connectivity index (χ4n) is 1.55. The summed E-state index contributed by atoms with van der Waals surface area (Å²) in [5.41, 5.74) is 0.526. The van der Waals surface area contributed by atoms with Crippen LogP contribution in [0.25, 0.3) is 6.08 Å². The van der Waals surface area contributed by atoms with Crippen LogP contribution in [0.4, 0.5) is 10.8 Å². The van der Waals surface area contributed by atoms with Gasteiger partial charge in [0.05, 0.1) is 4.92 Å². The van der Waals surface area contributed by atoms with E-state index in [4.69, 9.17) is 4.74 Å². The zero-order chi connectivity index (χ0) is 15.9. The number of methoxy groups -OCH3 is 1. The molecular formula is C13H12N4O4S. The molecule has 9 heteroatoms. The maximum atomic E-state index is 11.7. The minimum absolute atomic E-state index is 0.0316. The molecule has 2 aromatic rings. The van der Waals surface area contributed by atoms with Gasteiger partial charge in [-0.3, -0.25) is 20.2 Å². The maximum Gasteiger partial charge on any atom is 0.270 e. The first-order chi connectivity index (χ1) is 10.6. The number of nitro benzene ring substituents is 1. The van der Waals surface area contributed by atoms with Crippen molar-refractivity contribution in [2.75, 3.05) is 12.4 Å². The van der Waals surface area contributed by atoms with Gasteiger partial charge in [0.2, 0.25) is 11.0 Å². The number of nitrogens with one attached hydrogen (secondary N) is 1. The lowest BCUT2D eigenvalue weighted by molar-refractivity contribution is -0.384. The standard InChI is InChI=1S/C13H12N4O4S/c1-21-8-12-15-16-13(22-12)14-11(18)6-5-9-3-2-4-10(7-9)17(19)20/h2-7H,8H2,1H3,(H,14,16,18)/b6-5+. The number of carbonyl (C=O) groups excluding carboxylic acids is 1. The fraction of sp³-hybridized carbons (Fsp3) is 0.154. The van der Waals surface area contributed by atoms with Crippen LogP contribution in [0.2, 0.25) is 0 Å². The molecule has 0 radical (unpaired) electrons. The molecule has 0 fully saturated rings. The second kappa shape index (κ2) is 7.38. The van der Waals surface area contributed by atoms with Gasteiger partial charge in [-0.25, -0.2) is 0 Å². The van der Waals surface area contributed by atoms with Gasteiger partial charge in [0.15, 0.2) is 0 Å². The van der Waals surface area contributed by atoms with Crippen LogP contribution >= 0.6 is 11.3 Å². The summed E-state index contributed by atoms with van der Waals surface area (Å²) >= 11 is 1.21. The lowest BCUT2D eigenvalue weighted by Gasteiger charge is -1.96. The highest BCUT2D eigenvalue weighted by Gasteiger charge is 2.07. The summed E-state index contributed by atoms with van der Waals surface area (Å²) in [6.07, 6.45) is 2.76. The van der Waals surface area contributed by atoms with E-state index in [9.17, 15) is 14.9 Å². The minimum atomic E-state index is -0.490. The van der Waals surface area contributed by atoms with Crippen molar-refractivity contribution in [3.63, 3.8) is 0 Å². The Labute approximate surface area is 129 Å². The predicted molar refractivity (Wildman–Crippen MR) is 81.4 cm³/mol. The summed E-state index contributed by atoms with van der Waals surface area (Å²) in [4.78, 5) is 21.9. The van der Waals surface area contributed by atoms with Gasteiger partial charge < -0.3 is 4.74 Å². The van der Waals surface area contributed by atoms with Crippen LogP contribution in [0.1, 0.15) is 10.6 Å². The van der Waals surface area contributed by atoms with E-state index in [1.54, 1.807) is 19.2 Å². The lowest BCUT2D eigenvalue weighted by atomic mass is 10.2. The molecule has 0 saturated heterocycles. The van der Waals surface area contributed by atoms with Crippen molar-refractivity contribution in [1.29, 1.82) is 0 Å².